The van der Waals surface area contributed by atoms with E-state index in [-0.39, 0.29) is 17.9 Å². The zero-order valence-corrected chi connectivity index (χ0v) is 20.1. The highest BCUT2D eigenvalue weighted by atomic mass is 35.5. The van der Waals surface area contributed by atoms with Crippen LogP contribution >= 0.6 is 11.6 Å². The summed E-state index contributed by atoms with van der Waals surface area (Å²) in [5.74, 6) is 2.33. The molecule has 0 aliphatic heterocycles. The largest absolute Gasteiger partial charge is 0.466 e. The first kappa shape index (κ1) is 22.0. The van der Waals surface area contributed by atoms with Gasteiger partial charge in [-0.25, -0.2) is 19.9 Å². The summed E-state index contributed by atoms with van der Waals surface area (Å²) in [7, 11) is 0. The summed E-state index contributed by atoms with van der Waals surface area (Å²) in [6, 6.07) is 5.78. The fourth-order valence-electron chi connectivity index (χ4n) is 5.69. The molecule has 180 valence electrons. The maximum Gasteiger partial charge on any atom is 0.311 e. The molecule has 0 aromatic carbocycles. The Hall–Kier alpha value is -3.46. The lowest BCUT2D eigenvalue weighted by atomic mass is 9.61. The second-order valence-electron chi connectivity index (χ2n) is 9.24. The number of nitrogens with one attached hydrogen (secondary N) is 2. The van der Waals surface area contributed by atoms with Crippen LogP contribution in [0.4, 0.5) is 5.82 Å². The number of carbonyl (C=O) groups excluding carboxylic acids is 1. The van der Waals surface area contributed by atoms with Gasteiger partial charge in [0.15, 0.2) is 11.5 Å². The number of ether oxygens (including phenoxy) is 1. The number of fused-ring (bicyclic) bond motifs is 4. The van der Waals surface area contributed by atoms with Crippen LogP contribution in [0.5, 0.6) is 0 Å². The van der Waals surface area contributed by atoms with E-state index in [1.165, 1.54) is 6.20 Å². The summed E-state index contributed by atoms with van der Waals surface area (Å²) in [6.45, 7) is 2.25. The molecule has 2 atom stereocenters. The van der Waals surface area contributed by atoms with Crippen molar-refractivity contribution in [3.63, 3.8) is 0 Å². The van der Waals surface area contributed by atoms with Crippen molar-refractivity contribution in [1.29, 1.82) is 0 Å². The summed E-state index contributed by atoms with van der Waals surface area (Å²) in [4.78, 5) is 34.5. The van der Waals surface area contributed by atoms with E-state index < -0.39 is 0 Å². The van der Waals surface area contributed by atoms with Crippen LogP contribution in [-0.4, -0.2) is 48.1 Å². The minimum atomic E-state index is -0.173. The van der Waals surface area contributed by atoms with Crippen molar-refractivity contribution in [2.24, 2.45) is 17.8 Å². The van der Waals surface area contributed by atoms with Gasteiger partial charge in [0.1, 0.15) is 22.3 Å². The van der Waals surface area contributed by atoms with E-state index in [2.05, 4.69) is 20.3 Å². The fourth-order valence-corrected chi connectivity index (χ4v) is 5.83. The van der Waals surface area contributed by atoms with Gasteiger partial charge in [0.2, 0.25) is 0 Å². The molecule has 0 unspecified atom stereocenters. The van der Waals surface area contributed by atoms with Crippen molar-refractivity contribution >= 4 is 34.6 Å². The maximum absolute atomic E-state index is 12.9. The number of rotatable bonds is 6. The van der Waals surface area contributed by atoms with E-state index in [1.807, 2.05) is 42.1 Å². The standard InChI is InChI=1S/C25H26ClN7O2/c1-2-35-25(34)20-14-5-7-15(8-6-14)21(20)30-18-11-19(33-9-3-4-10-33)32-23(31-18)16-12-27-24-22(16)29-17(26)13-28-24/h3-4,9-15,20-21H,2,5-8H2,1H3,(H,27,28)(H,30,31,32)/t14?,15?,20-,21-/m1/s1. The van der Waals surface area contributed by atoms with Gasteiger partial charge in [-0.1, -0.05) is 11.6 Å². The molecule has 0 spiro atoms. The van der Waals surface area contributed by atoms with Crippen molar-refractivity contribution in [1.82, 2.24) is 29.5 Å². The van der Waals surface area contributed by atoms with Gasteiger partial charge in [0.25, 0.3) is 0 Å². The molecule has 10 heteroatoms. The third-order valence-corrected chi connectivity index (χ3v) is 7.45. The summed E-state index contributed by atoms with van der Waals surface area (Å²) < 4.78 is 7.41. The molecular weight excluding hydrogens is 466 g/mol. The van der Waals surface area contributed by atoms with Gasteiger partial charge in [-0.15, -0.1) is 0 Å². The normalized spacial score (nSPS) is 23.5. The molecule has 3 saturated carbocycles. The van der Waals surface area contributed by atoms with Crippen LogP contribution in [0.25, 0.3) is 28.4 Å². The molecule has 7 rings (SSSR count). The number of aromatic nitrogens is 6. The monoisotopic (exact) mass is 491 g/mol. The molecule has 9 nitrogen and oxygen atoms in total. The van der Waals surface area contributed by atoms with E-state index in [1.54, 1.807) is 6.20 Å². The van der Waals surface area contributed by atoms with Crippen LogP contribution in [0.1, 0.15) is 32.6 Å². The van der Waals surface area contributed by atoms with Crippen LogP contribution in [0, 0.1) is 17.8 Å². The second kappa shape index (κ2) is 8.96. The first-order valence-corrected chi connectivity index (χ1v) is 12.4. The van der Waals surface area contributed by atoms with Crippen molar-refractivity contribution in [2.75, 3.05) is 11.9 Å². The number of halogens is 1. The zero-order valence-electron chi connectivity index (χ0n) is 19.3. The number of anilines is 1. The average molecular weight is 492 g/mol. The third-order valence-electron chi connectivity index (χ3n) is 7.27. The molecule has 2 N–H and O–H groups in total. The van der Waals surface area contributed by atoms with Gasteiger partial charge < -0.3 is 19.6 Å². The number of aromatic amines is 1. The molecule has 2 bridgehead atoms. The molecular formula is C25H26ClN7O2. The van der Waals surface area contributed by atoms with Crippen molar-refractivity contribution in [3.8, 4) is 17.2 Å². The lowest BCUT2D eigenvalue weighted by Crippen LogP contribution is -2.52. The van der Waals surface area contributed by atoms with Crippen LogP contribution in [0.3, 0.4) is 0 Å². The highest BCUT2D eigenvalue weighted by molar-refractivity contribution is 6.29. The molecule has 3 fully saturated rings. The van der Waals surface area contributed by atoms with Crippen LogP contribution in [-0.2, 0) is 9.53 Å². The molecule has 0 saturated heterocycles. The molecule has 3 aliphatic carbocycles. The highest BCUT2D eigenvalue weighted by Crippen LogP contribution is 2.46. The Morgan fingerprint density at radius 1 is 1.17 bits per heavy atom. The van der Waals surface area contributed by atoms with Crippen LogP contribution in [0.15, 0.2) is 43.0 Å². The summed E-state index contributed by atoms with van der Waals surface area (Å²) in [5, 5.41) is 3.93. The van der Waals surface area contributed by atoms with Gasteiger partial charge in [-0.2, -0.15) is 0 Å². The van der Waals surface area contributed by atoms with Crippen molar-refractivity contribution in [3.05, 3.63) is 48.1 Å². The zero-order chi connectivity index (χ0) is 23.9. The Bertz CT molecular complexity index is 1360. The third kappa shape index (κ3) is 4.03. The number of esters is 1. The Morgan fingerprint density at radius 2 is 1.94 bits per heavy atom. The Balaban J connectivity index is 1.42. The molecule has 4 aromatic heterocycles. The summed E-state index contributed by atoms with van der Waals surface area (Å²) in [6.07, 6.45) is 11.5. The van der Waals surface area contributed by atoms with E-state index in [4.69, 9.17) is 26.3 Å². The summed E-state index contributed by atoms with van der Waals surface area (Å²) in [5.41, 5.74) is 1.93. The minimum absolute atomic E-state index is 0.0287. The average Bonchev–Trinajstić information content (AvgIpc) is 3.55. The number of nitrogens with zero attached hydrogens (tertiary/aromatic N) is 5. The molecule has 3 aliphatic rings. The molecule has 0 amide bonds. The van der Waals surface area contributed by atoms with Crippen LogP contribution in [0.2, 0.25) is 5.15 Å². The topological polar surface area (TPSA) is 111 Å². The molecule has 4 aromatic rings. The predicted octanol–water partition coefficient (Wildman–Crippen LogP) is 4.64. The molecule has 0 radical (unpaired) electrons. The molecule has 4 heterocycles. The van der Waals surface area contributed by atoms with Gasteiger partial charge >= 0.3 is 5.97 Å². The quantitative estimate of drug-likeness (QED) is 0.378. The highest BCUT2D eigenvalue weighted by Gasteiger charge is 2.48. The first-order chi connectivity index (χ1) is 17.1. The number of carbonyl (C=O) groups is 1. The van der Waals surface area contributed by atoms with Gasteiger partial charge in [-0.3, -0.25) is 4.79 Å². The van der Waals surface area contributed by atoms with Gasteiger partial charge in [0, 0.05) is 30.7 Å². The van der Waals surface area contributed by atoms with Crippen molar-refractivity contribution in [2.45, 2.75) is 38.6 Å². The van der Waals surface area contributed by atoms with Crippen molar-refractivity contribution < 1.29 is 9.53 Å². The number of H-pyrrole nitrogens is 1. The second-order valence-corrected chi connectivity index (χ2v) is 9.63. The van der Waals surface area contributed by atoms with E-state index in [9.17, 15) is 4.79 Å². The molecule has 35 heavy (non-hydrogen) atoms. The van der Waals surface area contributed by atoms with E-state index in [0.29, 0.717) is 57.8 Å². The summed E-state index contributed by atoms with van der Waals surface area (Å²) >= 11 is 6.13. The van der Waals surface area contributed by atoms with Crippen LogP contribution < -0.4 is 5.32 Å². The Morgan fingerprint density at radius 3 is 2.71 bits per heavy atom. The Kier molecular flexibility index (Phi) is 5.64. The predicted molar refractivity (Wildman–Crippen MR) is 132 cm³/mol. The first-order valence-electron chi connectivity index (χ1n) is 12.1. The van der Waals surface area contributed by atoms with E-state index in [0.717, 1.165) is 25.7 Å². The van der Waals surface area contributed by atoms with Gasteiger partial charge in [0.05, 0.1) is 24.3 Å². The smallest absolute Gasteiger partial charge is 0.311 e. The maximum atomic E-state index is 12.9. The number of hydrogen-bond donors (Lipinski definition) is 2. The minimum Gasteiger partial charge on any atom is -0.466 e. The fraction of sp³-hybridized carbons (Fsp3) is 0.400. The number of hydrogen-bond acceptors (Lipinski definition) is 7. The van der Waals surface area contributed by atoms with Gasteiger partial charge in [-0.05, 0) is 56.6 Å². The lowest BCUT2D eigenvalue weighted by Gasteiger charge is -2.47. The Labute approximate surface area is 207 Å². The van der Waals surface area contributed by atoms with E-state index >= 15 is 0 Å². The lowest BCUT2D eigenvalue weighted by molar-refractivity contribution is -0.154. The SMILES string of the molecule is CCOC(=O)[C@@H]1C2CCC(CC2)[C@H]1Nc1cc(-n2cccc2)nc(-c2c[nH]c3ncc(Cl)nc23)n1.